The second-order valence-electron chi connectivity index (χ2n) is 11.4. The van der Waals surface area contributed by atoms with Gasteiger partial charge in [-0.05, 0) is 72.3 Å². The van der Waals surface area contributed by atoms with E-state index in [1.54, 1.807) is 0 Å². The molecule has 0 saturated carbocycles. The number of hydrogen-bond donors (Lipinski definition) is 2. The summed E-state index contributed by atoms with van der Waals surface area (Å²) in [6, 6.07) is 9.25. The van der Waals surface area contributed by atoms with Crippen molar-refractivity contribution in [1.82, 2.24) is 19.9 Å². The molecule has 0 bridgehead atoms. The molecule has 5 rings (SSSR count). The van der Waals surface area contributed by atoms with Crippen LogP contribution >= 0.6 is 0 Å². The first-order valence-electron chi connectivity index (χ1n) is 15.0. The molecular formula is C33H22F8N4O10S2. The molecule has 57 heavy (non-hydrogen) atoms. The molecule has 14 nitrogen and oxygen atoms in total. The molecule has 0 aliphatic rings. The van der Waals surface area contributed by atoms with Crippen LogP contribution in [0.4, 0.5) is 35.1 Å². The van der Waals surface area contributed by atoms with Gasteiger partial charge < -0.3 is 19.7 Å². The number of carboxylic acid groups (broad SMARTS) is 2. The van der Waals surface area contributed by atoms with E-state index in [0.29, 0.717) is 18.4 Å². The van der Waals surface area contributed by atoms with Gasteiger partial charge in [-0.3, -0.25) is 0 Å². The summed E-state index contributed by atoms with van der Waals surface area (Å²) in [6.07, 6.45) is -8.95. The van der Waals surface area contributed by atoms with Crippen molar-refractivity contribution in [2.75, 3.05) is 12.5 Å². The summed E-state index contributed by atoms with van der Waals surface area (Å²) in [5.74, 6) is -5.78. The van der Waals surface area contributed by atoms with Crippen LogP contribution in [0.1, 0.15) is 43.1 Å². The van der Waals surface area contributed by atoms with E-state index < -0.39 is 118 Å². The molecule has 5 aromatic rings. The lowest BCUT2D eigenvalue weighted by Gasteiger charge is -2.16. The highest BCUT2D eigenvalue weighted by molar-refractivity contribution is 7.90. The lowest BCUT2D eigenvalue weighted by Crippen LogP contribution is -2.16. The van der Waals surface area contributed by atoms with Crippen LogP contribution in [-0.2, 0) is 38.4 Å². The van der Waals surface area contributed by atoms with E-state index in [2.05, 4.69) is 19.9 Å². The number of carbonyl (C=O) groups is 2. The molecular weight excluding hydrogens is 828 g/mol. The third-order valence-corrected chi connectivity index (χ3v) is 8.55. The first kappa shape index (κ1) is 43.4. The molecule has 24 heteroatoms. The average Bonchev–Trinajstić information content (AvgIpc) is 3.08. The van der Waals surface area contributed by atoms with Crippen molar-refractivity contribution < 1.29 is 81.2 Å². The molecule has 0 aliphatic carbocycles. The summed E-state index contributed by atoms with van der Waals surface area (Å²) in [6.45, 7) is 0. The van der Waals surface area contributed by atoms with Crippen molar-refractivity contribution in [2.24, 2.45) is 0 Å². The third kappa shape index (κ3) is 11.6. The zero-order valence-electron chi connectivity index (χ0n) is 28.4. The van der Waals surface area contributed by atoms with Gasteiger partial charge in [0.25, 0.3) is 0 Å². The topological polar surface area (TPSA) is 213 Å². The van der Waals surface area contributed by atoms with Crippen molar-refractivity contribution in [3.05, 3.63) is 118 Å². The number of ether oxygens (including phenoxy) is 2. The highest BCUT2D eigenvalue weighted by Crippen LogP contribution is 2.37. The lowest BCUT2D eigenvalue weighted by atomic mass is 9.99. The number of rotatable bonds is 10. The number of carboxylic acids is 2. The van der Waals surface area contributed by atoms with Crippen LogP contribution in [-0.4, -0.2) is 71.4 Å². The van der Waals surface area contributed by atoms with Crippen molar-refractivity contribution in [2.45, 2.75) is 29.1 Å². The first-order chi connectivity index (χ1) is 26.2. The van der Waals surface area contributed by atoms with Gasteiger partial charge in [0.15, 0.2) is 0 Å². The maximum absolute atomic E-state index is 13.2. The average molecular weight is 851 g/mol. The summed E-state index contributed by atoms with van der Waals surface area (Å²) >= 11 is 0. The Morgan fingerprint density at radius 3 is 1.49 bits per heavy atom. The normalized spacial score (nSPS) is 12.0. The Balaban J connectivity index is 0.000000290. The van der Waals surface area contributed by atoms with E-state index in [0.717, 1.165) is 48.9 Å². The predicted molar refractivity (Wildman–Crippen MR) is 176 cm³/mol. The van der Waals surface area contributed by atoms with Gasteiger partial charge in [0.2, 0.25) is 41.7 Å². The Kier molecular flexibility index (Phi) is 12.5. The number of alkyl halides is 6. The molecule has 0 fully saturated rings. The van der Waals surface area contributed by atoms with Gasteiger partial charge in [0.1, 0.15) is 34.3 Å². The summed E-state index contributed by atoms with van der Waals surface area (Å²) in [4.78, 5) is 37.2. The van der Waals surface area contributed by atoms with Crippen LogP contribution in [0, 0.1) is 11.6 Å². The van der Waals surface area contributed by atoms with Crippen LogP contribution in [0.3, 0.4) is 0 Å². The van der Waals surface area contributed by atoms with Crippen LogP contribution in [0.2, 0.25) is 0 Å². The quantitative estimate of drug-likeness (QED) is 0.111. The minimum Gasteiger partial charge on any atom is -0.477 e. The van der Waals surface area contributed by atoms with E-state index in [1.165, 1.54) is 12.1 Å². The minimum atomic E-state index is -5.17. The molecule has 3 aromatic carbocycles. The second-order valence-corrected chi connectivity index (χ2v) is 15.2. The van der Waals surface area contributed by atoms with Crippen LogP contribution in [0.15, 0.2) is 83.2 Å². The lowest BCUT2D eigenvalue weighted by molar-refractivity contribution is -0.143. The smallest absolute Gasteiger partial charge is 0.416 e. The Morgan fingerprint density at radius 2 is 1.09 bits per heavy atom. The van der Waals surface area contributed by atoms with Gasteiger partial charge in [-0.2, -0.15) is 36.3 Å². The molecule has 0 aliphatic heterocycles. The Labute approximate surface area is 315 Å². The van der Waals surface area contributed by atoms with Gasteiger partial charge in [0.05, 0.1) is 23.0 Å². The molecule has 0 amide bonds. The van der Waals surface area contributed by atoms with Crippen LogP contribution in [0.5, 0.6) is 23.3 Å². The van der Waals surface area contributed by atoms with Crippen molar-refractivity contribution in [3.8, 4) is 23.3 Å². The maximum Gasteiger partial charge on any atom is 0.416 e. The summed E-state index contributed by atoms with van der Waals surface area (Å²) in [5.41, 5.74) is -6.05. The fourth-order valence-corrected chi connectivity index (χ4v) is 5.36. The predicted octanol–water partition coefficient (Wildman–Crippen LogP) is 6.65. The minimum absolute atomic E-state index is 0.108. The molecule has 2 N–H and O–H groups in total. The van der Waals surface area contributed by atoms with Gasteiger partial charge in [0, 0.05) is 18.9 Å². The summed E-state index contributed by atoms with van der Waals surface area (Å²) in [5, 5.41) is 17.1. The highest BCUT2D eigenvalue weighted by Gasteiger charge is 2.37. The van der Waals surface area contributed by atoms with E-state index in [4.69, 9.17) is 14.6 Å². The molecule has 2 aromatic heterocycles. The highest BCUT2D eigenvalue weighted by atomic mass is 32.2. The monoisotopic (exact) mass is 850 g/mol. The second kappa shape index (κ2) is 16.4. The van der Waals surface area contributed by atoms with Crippen LogP contribution in [0.25, 0.3) is 0 Å². The van der Waals surface area contributed by atoms with Crippen molar-refractivity contribution >= 4 is 31.6 Å². The number of halogens is 8. The number of aromatic carboxylic acids is 2. The molecule has 0 saturated heterocycles. The molecule has 0 radical (unpaired) electrons. The molecule has 2 heterocycles. The van der Waals surface area contributed by atoms with Gasteiger partial charge in [-0.25, -0.2) is 45.2 Å². The third-order valence-electron chi connectivity index (χ3n) is 6.84. The SMILES string of the molecule is CS(=O)(=O)c1nc(Cc2cc(C(F)(F)F)cc(C(F)(F)F)c2)c(C(=O)O)c(Oc2ccc(F)cc2)n1.CS(=O)(=O)c1ncc(C(=O)O)c(Oc2ccc(F)cc2)n1. The zero-order valence-corrected chi connectivity index (χ0v) is 30.1. The standard InChI is InChI=1S/C21H13F7N2O5S.C12H9FN2O5S/c1-36(33,34)19-29-15(8-10-6-11(20(23,24)25)9-12(7-10)21(26,27)28)16(18(31)32)17(30-19)35-14-4-2-13(22)3-5-14;1-21(18,19)12-14-6-9(11(16)17)10(15-12)20-8-4-2-7(13)3-5-8/h2-7,9H,8H2,1H3,(H,31,32);2-6H,1H3,(H,16,17). The molecule has 0 spiro atoms. The molecule has 0 atom stereocenters. The van der Waals surface area contributed by atoms with Gasteiger partial charge in [-0.1, -0.05) is 0 Å². The van der Waals surface area contributed by atoms with Crippen molar-refractivity contribution in [3.63, 3.8) is 0 Å². The Bertz CT molecular complexity index is 2520. The molecule has 302 valence electrons. The first-order valence-corrected chi connectivity index (χ1v) is 18.8. The van der Waals surface area contributed by atoms with E-state index in [-0.39, 0.29) is 17.6 Å². The van der Waals surface area contributed by atoms with Crippen molar-refractivity contribution in [1.29, 1.82) is 0 Å². The number of hydrogen-bond acceptors (Lipinski definition) is 12. The summed E-state index contributed by atoms with van der Waals surface area (Å²) < 4.78 is 163. The number of aromatic nitrogens is 4. The van der Waals surface area contributed by atoms with E-state index in [9.17, 15) is 66.7 Å². The fraction of sp³-hybridized carbons (Fsp3) is 0.152. The largest absolute Gasteiger partial charge is 0.477 e. The summed E-state index contributed by atoms with van der Waals surface area (Å²) in [7, 11) is -7.98. The van der Waals surface area contributed by atoms with Gasteiger partial charge in [-0.15, -0.1) is 0 Å². The number of nitrogens with zero attached hydrogens (tertiary/aromatic N) is 4. The zero-order chi connectivity index (χ0) is 42.7. The molecule has 0 unspecified atom stereocenters. The van der Waals surface area contributed by atoms with Gasteiger partial charge >= 0.3 is 24.3 Å². The number of sulfone groups is 2. The number of benzene rings is 3. The Hall–Kier alpha value is -6.30. The van der Waals surface area contributed by atoms with Crippen LogP contribution < -0.4 is 9.47 Å². The fourth-order valence-electron chi connectivity index (χ4n) is 4.34. The van der Waals surface area contributed by atoms with E-state index >= 15 is 0 Å². The van der Waals surface area contributed by atoms with E-state index in [1.807, 2.05) is 0 Å². The maximum atomic E-state index is 13.2. The Morgan fingerprint density at radius 1 is 0.649 bits per heavy atom.